The highest BCUT2D eigenvalue weighted by Gasteiger charge is 2.25. The van der Waals surface area contributed by atoms with Gasteiger partial charge in [-0.2, -0.15) is 0 Å². The lowest BCUT2D eigenvalue weighted by Gasteiger charge is -2.33. The molecule has 5 nitrogen and oxygen atoms in total. The lowest BCUT2D eigenvalue weighted by atomic mass is 9.97. The second kappa shape index (κ2) is 6.93. The number of primary amides is 1. The molecule has 1 heterocycles. The van der Waals surface area contributed by atoms with Gasteiger partial charge in [0.1, 0.15) is 0 Å². The molecule has 1 aliphatic heterocycles. The summed E-state index contributed by atoms with van der Waals surface area (Å²) >= 11 is 3.44. The van der Waals surface area contributed by atoms with Crippen molar-refractivity contribution in [1.82, 2.24) is 10.2 Å². The number of nitrogens with zero attached hydrogens (tertiary/aromatic N) is 1. The van der Waals surface area contributed by atoms with Crippen LogP contribution in [0.5, 0.6) is 0 Å². The number of rotatable bonds is 3. The van der Waals surface area contributed by atoms with Gasteiger partial charge in [0, 0.05) is 24.1 Å². The number of carbonyl (C=O) groups is 2. The summed E-state index contributed by atoms with van der Waals surface area (Å²) in [7, 11) is 0. The van der Waals surface area contributed by atoms with Crippen molar-refractivity contribution in [3.05, 3.63) is 33.8 Å². The van der Waals surface area contributed by atoms with Gasteiger partial charge in [-0.3, -0.25) is 4.79 Å². The Kier molecular flexibility index (Phi) is 5.22. The second-order valence-electron chi connectivity index (χ2n) is 5.49. The number of amides is 3. The molecule has 1 unspecified atom stereocenters. The normalized spacial score (nSPS) is 18.4. The summed E-state index contributed by atoms with van der Waals surface area (Å²) in [5.74, 6) is 0.299. The third-order valence-corrected chi connectivity index (χ3v) is 4.41. The monoisotopic (exact) mass is 353 g/mol. The number of piperidine rings is 1. The second-order valence-corrected chi connectivity index (χ2v) is 6.34. The summed E-state index contributed by atoms with van der Waals surface area (Å²) < 4.78 is 0.815. The molecule has 0 aromatic heterocycles. The van der Waals surface area contributed by atoms with Gasteiger partial charge < -0.3 is 16.0 Å². The molecule has 2 rings (SSSR count). The van der Waals surface area contributed by atoms with E-state index in [-0.39, 0.29) is 11.8 Å². The largest absolute Gasteiger partial charge is 0.352 e. The van der Waals surface area contributed by atoms with Gasteiger partial charge in [-0.15, -0.1) is 0 Å². The Morgan fingerprint density at radius 1 is 1.48 bits per heavy atom. The minimum Gasteiger partial charge on any atom is -0.352 e. The molecule has 21 heavy (non-hydrogen) atoms. The van der Waals surface area contributed by atoms with Crippen molar-refractivity contribution in [2.45, 2.75) is 19.8 Å². The van der Waals surface area contributed by atoms with Gasteiger partial charge in [-0.05, 0) is 53.7 Å². The van der Waals surface area contributed by atoms with Crippen LogP contribution >= 0.6 is 15.9 Å². The maximum absolute atomic E-state index is 12.6. The molecule has 6 heteroatoms. The average molecular weight is 354 g/mol. The highest BCUT2D eigenvalue weighted by Crippen LogP contribution is 2.23. The van der Waals surface area contributed by atoms with Gasteiger partial charge in [0.15, 0.2) is 0 Å². The van der Waals surface area contributed by atoms with E-state index in [2.05, 4.69) is 21.2 Å². The quantitative estimate of drug-likeness (QED) is 0.874. The molecule has 114 valence electrons. The lowest BCUT2D eigenvalue weighted by molar-refractivity contribution is 0.0674. The summed E-state index contributed by atoms with van der Waals surface area (Å²) in [6.45, 7) is 3.90. The Hall–Kier alpha value is -1.56. The zero-order valence-corrected chi connectivity index (χ0v) is 13.6. The molecule has 1 aromatic rings. The topological polar surface area (TPSA) is 75.4 Å². The Labute approximate surface area is 133 Å². The molecule has 1 aliphatic rings. The first-order valence-electron chi connectivity index (χ1n) is 7.06. The number of hydrogen-bond donors (Lipinski definition) is 2. The van der Waals surface area contributed by atoms with Crippen LogP contribution in [0, 0.1) is 12.8 Å². The lowest BCUT2D eigenvalue weighted by Crippen LogP contribution is -2.44. The summed E-state index contributed by atoms with van der Waals surface area (Å²) in [5.41, 5.74) is 6.85. The van der Waals surface area contributed by atoms with Gasteiger partial charge in [0.25, 0.3) is 5.91 Å². The van der Waals surface area contributed by atoms with Crippen LogP contribution in [0.4, 0.5) is 4.79 Å². The first-order valence-corrected chi connectivity index (χ1v) is 7.85. The molecule has 0 saturated carbocycles. The summed E-state index contributed by atoms with van der Waals surface area (Å²) in [4.78, 5) is 25.3. The fraction of sp³-hybridized carbons (Fsp3) is 0.467. The van der Waals surface area contributed by atoms with Crippen LogP contribution in [0.3, 0.4) is 0 Å². The maximum Gasteiger partial charge on any atom is 0.312 e. The van der Waals surface area contributed by atoms with Crippen molar-refractivity contribution < 1.29 is 9.59 Å². The number of nitrogens with two attached hydrogens (primary N) is 1. The van der Waals surface area contributed by atoms with E-state index in [1.807, 2.05) is 30.0 Å². The molecule has 0 spiro atoms. The SMILES string of the molecule is Cc1ccc(Br)c(C(=O)N2CCCC(CNC(N)=O)C2)c1. The van der Waals surface area contributed by atoms with Gasteiger partial charge in [0.2, 0.25) is 0 Å². The number of likely N-dealkylation sites (tertiary alicyclic amines) is 1. The van der Waals surface area contributed by atoms with Crippen molar-refractivity contribution in [2.75, 3.05) is 19.6 Å². The molecule has 0 radical (unpaired) electrons. The number of benzene rings is 1. The first-order chi connectivity index (χ1) is 9.97. The van der Waals surface area contributed by atoms with Gasteiger partial charge >= 0.3 is 6.03 Å². The fourth-order valence-electron chi connectivity index (χ4n) is 2.63. The van der Waals surface area contributed by atoms with Gasteiger partial charge in [-0.1, -0.05) is 11.6 Å². The van der Waals surface area contributed by atoms with E-state index in [1.54, 1.807) is 0 Å². The molecule has 0 bridgehead atoms. The van der Waals surface area contributed by atoms with Gasteiger partial charge in [0.05, 0.1) is 5.56 Å². The van der Waals surface area contributed by atoms with E-state index in [0.717, 1.165) is 29.4 Å². The Bertz CT molecular complexity index is 548. The van der Waals surface area contributed by atoms with Crippen LogP contribution in [-0.4, -0.2) is 36.5 Å². The molecule has 3 N–H and O–H groups in total. The summed E-state index contributed by atoms with van der Waals surface area (Å²) in [6, 6.07) is 5.26. The highest BCUT2D eigenvalue weighted by molar-refractivity contribution is 9.10. The average Bonchev–Trinajstić information content (AvgIpc) is 2.47. The van der Waals surface area contributed by atoms with Crippen LogP contribution in [0.2, 0.25) is 0 Å². The number of nitrogens with one attached hydrogen (secondary N) is 1. The summed E-state index contributed by atoms with van der Waals surface area (Å²) in [5, 5.41) is 2.63. The van der Waals surface area contributed by atoms with E-state index < -0.39 is 6.03 Å². The smallest absolute Gasteiger partial charge is 0.312 e. The molecule has 3 amide bonds. The Morgan fingerprint density at radius 3 is 2.95 bits per heavy atom. The van der Waals surface area contributed by atoms with Crippen LogP contribution in [-0.2, 0) is 0 Å². The molecule has 0 aliphatic carbocycles. The van der Waals surface area contributed by atoms with Crippen LogP contribution in [0.25, 0.3) is 0 Å². The maximum atomic E-state index is 12.6. The standard InChI is InChI=1S/C15H20BrN3O2/c1-10-4-5-13(16)12(7-10)14(20)19-6-2-3-11(9-19)8-18-15(17)21/h4-5,7,11H,2-3,6,8-9H2,1H3,(H3,17,18,21). The Balaban J connectivity index is 2.05. The number of urea groups is 1. The van der Waals surface area contributed by atoms with E-state index >= 15 is 0 Å². The van der Waals surface area contributed by atoms with Crippen LogP contribution in [0.1, 0.15) is 28.8 Å². The van der Waals surface area contributed by atoms with E-state index in [1.165, 1.54) is 0 Å². The third-order valence-electron chi connectivity index (χ3n) is 3.72. The number of carbonyl (C=O) groups excluding carboxylic acids is 2. The Morgan fingerprint density at radius 2 is 2.24 bits per heavy atom. The van der Waals surface area contributed by atoms with Crippen molar-refractivity contribution >= 4 is 27.9 Å². The molecule has 1 saturated heterocycles. The molecule has 1 fully saturated rings. The van der Waals surface area contributed by atoms with Crippen LogP contribution < -0.4 is 11.1 Å². The highest BCUT2D eigenvalue weighted by atomic mass is 79.9. The molecule has 1 aromatic carbocycles. The fourth-order valence-corrected chi connectivity index (χ4v) is 3.05. The molecular formula is C15H20BrN3O2. The first kappa shape index (κ1) is 15.8. The zero-order chi connectivity index (χ0) is 15.4. The summed E-state index contributed by atoms with van der Waals surface area (Å²) in [6.07, 6.45) is 1.94. The number of halogens is 1. The van der Waals surface area contributed by atoms with E-state index in [4.69, 9.17) is 5.73 Å². The van der Waals surface area contributed by atoms with Gasteiger partial charge in [-0.25, -0.2) is 4.79 Å². The van der Waals surface area contributed by atoms with Crippen LogP contribution in [0.15, 0.2) is 22.7 Å². The minimum absolute atomic E-state index is 0.0364. The number of aryl methyl sites for hydroxylation is 1. The van der Waals surface area contributed by atoms with Crippen molar-refractivity contribution in [3.8, 4) is 0 Å². The van der Waals surface area contributed by atoms with Crippen molar-refractivity contribution in [3.63, 3.8) is 0 Å². The minimum atomic E-state index is -0.514. The third kappa shape index (κ3) is 4.20. The molecule has 1 atom stereocenters. The molecular weight excluding hydrogens is 334 g/mol. The number of hydrogen-bond acceptors (Lipinski definition) is 2. The van der Waals surface area contributed by atoms with Crippen molar-refractivity contribution in [2.24, 2.45) is 11.7 Å². The van der Waals surface area contributed by atoms with E-state index in [0.29, 0.717) is 18.7 Å². The predicted octanol–water partition coefficient (Wildman–Crippen LogP) is 2.28. The zero-order valence-electron chi connectivity index (χ0n) is 12.1. The predicted molar refractivity (Wildman–Crippen MR) is 85.1 cm³/mol. The van der Waals surface area contributed by atoms with Crippen molar-refractivity contribution in [1.29, 1.82) is 0 Å². The van der Waals surface area contributed by atoms with E-state index in [9.17, 15) is 9.59 Å².